The minimum Gasteiger partial charge on any atom is -0.495 e. The van der Waals surface area contributed by atoms with E-state index in [1.54, 1.807) is 19.5 Å². The molecule has 1 aliphatic rings. The summed E-state index contributed by atoms with van der Waals surface area (Å²) in [6.07, 6.45) is 3.54. The van der Waals surface area contributed by atoms with E-state index >= 15 is 0 Å². The first-order valence-corrected chi connectivity index (χ1v) is 8.54. The van der Waals surface area contributed by atoms with Crippen LogP contribution in [0.25, 0.3) is 11.2 Å². The van der Waals surface area contributed by atoms with Crippen LogP contribution in [-0.4, -0.2) is 33.2 Å². The van der Waals surface area contributed by atoms with Crippen molar-refractivity contribution >= 4 is 45.9 Å². The summed E-state index contributed by atoms with van der Waals surface area (Å²) in [6.45, 7) is 0.730. The molecule has 130 valence electrons. The summed E-state index contributed by atoms with van der Waals surface area (Å²) >= 11 is 12.5. The molecule has 0 aliphatic carbocycles. The zero-order valence-corrected chi connectivity index (χ0v) is 14.9. The Morgan fingerprint density at radius 3 is 2.96 bits per heavy atom. The van der Waals surface area contributed by atoms with Crippen molar-refractivity contribution in [2.75, 3.05) is 19.0 Å². The molecule has 1 atom stereocenters. The molecule has 1 saturated heterocycles. The molecule has 0 amide bonds. The molecule has 0 bridgehead atoms. The molecule has 0 saturated carbocycles. The highest BCUT2D eigenvalue weighted by atomic mass is 35.5. The summed E-state index contributed by atoms with van der Waals surface area (Å²) in [5.74, 6) is 1.04. The molecule has 9 heteroatoms. The fraction of sp³-hybridized carbons (Fsp3) is 0.312. The van der Waals surface area contributed by atoms with E-state index in [1.807, 2.05) is 16.7 Å². The van der Waals surface area contributed by atoms with Gasteiger partial charge in [0, 0.05) is 6.61 Å². The Hall–Kier alpha value is -2.09. The first-order valence-electron chi connectivity index (χ1n) is 7.78. The molecule has 1 aromatic carbocycles. The summed E-state index contributed by atoms with van der Waals surface area (Å²) in [5.41, 5.74) is 1.86. The molecular weight excluding hydrogens is 365 g/mol. The van der Waals surface area contributed by atoms with E-state index in [1.165, 1.54) is 0 Å². The number of methoxy groups -OCH3 is 1. The normalized spacial score (nSPS) is 17.2. The van der Waals surface area contributed by atoms with Crippen LogP contribution in [0.2, 0.25) is 10.3 Å². The second-order valence-electron chi connectivity index (χ2n) is 5.58. The molecule has 0 radical (unpaired) electrons. The van der Waals surface area contributed by atoms with Gasteiger partial charge in [-0.05, 0) is 36.6 Å². The number of ether oxygens (including phenoxy) is 2. The third kappa shape index (κ3) is 2.99. The van der Waals surface area contributed by atoms with E-state index in [9.17, 15) is 0 Å². The second kappa shape index (κ2) is 6.67. The Bertz CT molecular complexity index is 924. The molecular formula is C16H15Cl2N5O2. The lowest BCUT2D eigenvalue weighted by Gasteiger charge is -2.13. The smallest absolute Gasteiger partial charge is 0.226 e. The highest BCUT2D eigenvalue weighted by Gasteiger charge is 2.22. The molecule has 3 aromatic rings. The van der Waals surface area contributed by atoms with Crippen molar-refractivity contribution in [1.82, 2.24) is 19.5 Å². The number of aromatic nitrogens is 4. The Morgan fingerprint density at radius 1 is 1.32 bits per heavy atom. The lowest BCUT2D eigenvalue weighted by atomic mass is 10.3. The summed E-state index contributed by atoms with van der Waals surface area (Å²) in [6, 6.07) is 5.43. The molecule has 1 aliphatic heterocycles. The largest absolute Gasteiger partial charge is 0.495 e. The van der Waals surface area contributed by atoms with Crippen LogP contribution in [0.5, 0.6) is 5.75 Å². The molecule has 0 spiro atoms. The van der Waals surface area contributed by atoms with E-state index in [2.05, 4.69) is 20.3 Å². The molecule has 25 heavy (non-hydrogen) atoms. The average Bonchev–Trinajstić information content (AvgIpc) is 3.25. The van der Waals surface area contributed by atoms with Crippen LogP contribution in [0.15, 0.2) is 24.5 Å². The van der Waals surface area contributed by atoms with Crippen LogP contribution in [0.1, 0.15) is 19.1 Å². The van der Waals surface area contributed by atoms with Gasteiger partial charge in [0.05, 0.1) is 19.1 Å². The van der Waals surface area contributed by atoms with Crippen LogP contribution in [0, 0.1) is 0 Å². The van der Waals surface area contributed by atoms with Crippen LogP contribution in [0.4, 0.5) is 11.5 Å². The van der Waals surface area contributed by atoms with Gasteiger partial charge in [0.2, 0.25) is 5.28 Å². The number of rotatable bonds is 4. The SMILES string of the molecule is COc1cccc(Nc2nc(Cl)nc3c2ncn3C2CCCO2)c1Cl. The van der Waals surface area contributed by atoms with Crippen LogP contribution < -0.4 is 10.1 Å². The number of imidazole rings is 1. The van der Waals surface area contributed by atoms with Gasteiger partial charge in [-0.2, -0.15) is 9.97 Å². The quantitative estimate of drug-likeness (QED) is 0.684. The highest BCUT2D eigenvalue weighted by Crippen LogP contribution is 2.35. The van der Waals surface area contributed by atoms with Gasteiger partial charge in [-0.3, -0.25) is 4.57 Å². The minimum absolute atomic E-state index is 0.0794. The first kappa shape index (κ1) is 16.4. The van der Waals surface area contributed by atoms with Gasteiger partial charge in [0.15, 0.2) is 17.0 Å². The molecule has 1 fully saturated rings. The van der Waals surface area contributed by atoms with Gasteiger partial charge in [-0.1, -0.05) is 17.7 Å². The average molecular weight is 380 g/mol. The Morgan fingerprint density at radius 2 is 2.20 bits per heavy atom. The molecule has 7 nitrogen and oxygen atoms in total. The first-order chi connectivity index (χ1) is 12.2. The summed E-state index contributed by atoms with van der Waals surface area (Å²) in [5, 5.41) is 3.74. The topological polar surface area (TPSA) is 74.1 Å². The Balaban J connectivity index is 1.77. The maximum Gasteiger partial charge on any atom is 0.226 e. The Kier molecular flexibility index (Phi) is 4.37. The fourth-order valence-corrected chi connectivity index (χ4v) is 3.28. The van der Waals surface area contributed by atoms with Crippen molar-refractivity contribution in [2.45, 2.75) is 19.1 Å². The van der Waals surface area contributed by atoms with Gasteiger partial charge in [-0.25, -0.2) is 4.98 Å². The van der Waals surface area contributed by atoms with Crippen molar-refractivity contribution in [3.05, 3.63) is 34.8 Å². The van der Waals surface area contributed by atoms with E-state index in [0.717, 1.165) is 19.4 Å². The van der Waals surface area contributed by atoms with Crippen molar-refractivity contribution in [3.63, 3.8) is 0 Å². The van der Waals surface area contributed by atoms with E-state index in [-0.39, 0.29) is 11.5 Å². The second-order valence-corrected chi connectivity index (χ2v) is 6.30. The zero-order chi connectivity index (χ0) is 17.4. The molecule has 4 rings (SSSR count). The zero-order valence-electron chi connectivity index (χ0n) is 13.4. The van der Waals surface area contributed by atoms with E-state index in [4.69, 9.17) is 32.7 Å². The van der Waals surface area contributed by atoms with Crippen molar-refractivity contribution in [2.24, 2.45) is 0 Å². The number of benzene rings is 1. The Labute approximate surface area is 153 Å². The number of nitrogens with zero attached hydrogens (tertiary/aromatic N) is 4. The number of anilines is 2. The van der Waals surface area contributed by atoms with Gasteiger partial charge in [0.1, 0.15) is 17.0 Å². The van der Waals surface area contributed by atoms with Crippen LogP contribution in [0.3, 0.4) is 0 Å². The van der Waals surface area contributed by atoms with Gasteiger partial charge in [-0.15, -0.1) is 0 Å². The van der Waals surface area contributed by atoms with Gasteiger partial charge < -0.3 is 14.8 Å². The summed E-state index contributed by atoms with van der Waals surface area (Å²) < 4.78 is 12.8. The molecule has 2 aromatic heterocycles. The monoisotopic (exact) mass is 379 g/mol. The summed E-state index contributed by atoms with van der Waals surface area (Å²) in [7, 11) is 1.56. The van der Waals surface area contributed by atoms with Gasteiger partial charge in [0.25, 0.3) is 0 Å². The molecule has 3 heterocycles. The van der Waals surface area contributed by atoms with E-state index < -0.39 is 0 Å². The number of nitrogens with one attached hydrogen (secondary N) is 1. The molecule has 1 N–H and O–H groups in total. The maximum absolute atomic E-state index is 6.35. The maximum atomic E-state index is 6.35. The molecule has 1 unspecified atom stereocenters. The predicted octanol–water partition coefficient (Wildman–Crippen LogP) is 4.19. The predicted molar refractivity (Wildman–Crippen MR) is 95.8 cm³/mol. The lowest BCUT2D eigenvalue weighted by molar-refractivity contribution is 0.0593. The van der Waals surface area contributed by atoms with Crippen LogP contribution >= 0.6 is 23.2 Å². The fourth-order valence-electron chi connectivity index (χ4n) is 2.86. The lowest BCUT2D eigenvalue weighted by Crippen LogP contribution is -2.07. The highest BCUT2D eigenvalue weighted by molar-refractivity contribution is 6.35. The standard InChI is InChI=1S/C16H15Cl2N5O2/c1-24-10-5-2-4-9(12(10)17)20-14-13-15(22-16(18)21-14)23(8-19-13)11-6-3-7-25-11/h2,4-5,8,11H,3,6-7H2,1H3,(H,20,21,22). The minimum atomic E-state index is -0.0794. The number of fused-ring (bicyclic) bond motifs is 1. The number of hydrogen-bond donors (Lipinski definition) is 1. The van der Waals surface area contributed by atoms with Crippen molar-refractivity contribution in [3.8, 4) is 5.75 Å². The van der Waals surface area contributed by atoms with Crippen LogP contribution in [-0.2, 0) is 4.74 Å². The van der Waals surface area contributed by atoms with Gasteiger partial charge >= 0.3 is 0 Å². The van der Waals surface area contributed by atoms with E-state index in [0.29, 0.717) is 33.4 Å². The number of halogens is 2. The van der Waals surface area contributed by atoms with Crippen molar-refractivity contribution in [1.29, 1.82) is 0 Å². The van der Waals surface area contributed by atoms with Crippen molar-refractivity contribution < 1.29 is 9.47 Å². The number of hydrogen-bond acceptors (Lipinski definition) is 6. The third-order valence-electron chi connectivity index (χ3n) is 4.05. The summed E-state index contributed by atoms with van der Waals surface area (Å²) in [4.78, 5) is 13.0. The third-order valence-corrected chi connectivity index (χ3v) is 4.61.